The quantitative estimate of drug-likeness (QED) is 0.443. The molecule has 6 rings (SSSR count). The smallest absolute Gasteiger partial charge is 0.315 e. The number of fused-ring (bicyclic) bond motifs is 3. The highest BCUT2D eigenvalue weighted by Gasteiger charge is 2.84. The van der Waals surface area contributed by atoms with Crippen LogP contribution in [0.15, 0.2) is 11.6 Å². The highest BCUT2D eigenvalue weighted by atomic mass is 16.8. The molecule has 2 aliphatic heterocycles. The zero-order valence-electron chi connectivity index (χ0n) is 21.6. The second-order valence-electron chi connectivity index (χ2n) is 12.6. The lowest BCUT2D eigenvalue weighted by atomic mass is 9.43. The van der Waals surface area contributed by atoms with Crippen LogP contribution >= 0.6 is 0 Å². The molecule has 0 aromatic heterocycles. The van der Waals surface area contributed by atoms with E-state index in [0.29, 0.717) is 24.7 Å². The predicted octanol–water partition coefficient (Wildman–Crippen LogP) is 4.19. The van der Waals surface area contributed by atoms with Gasteiger partial charge >= 0.3 is 5.97 Å². The lowest BCUT2D eigenvalue weighted by molar-refractivity contribution is -0.248. The average molecular weight is 489 g/mol. The first-order valence-corrected chi connectivity index (χ1v) is 13.6. The van der Waals surface area contributed by atoms with E-state index in [9.17, 15) is 14.7 Å². The number of carbonyl (C=O) groups is 2. The molecule has 0 aromatic carbocycles. The number of hydrogen-bond donors (Lipinski definition) is 1. The minimum atomic E-state index is -1.21. The van der Waals surface area contributed by atoms with E-state index in [1.165, 1.54) is 0 Å². The van der Waals surface area contributed by atoms with Gasteiger partial charge in [-0.15, -0.1) is 0 Å². The normalized spacial score (nSPS) is 54.0. The van der Waals surface area contributed by atoms with Gasteiger partial charge in [0.15, 0.2) is 12.6 Å². The highest BCUT2D eigenvalue weighted by molar-refractivity contribution is 5.90. The Labute approximate surface area is 207 Å². The molecule has 6 aliphatic rings. The Hall–Kier alpha value is -1.28. The van der Waals surface area contributed by atoms with Crippen LogP contribution in [-0.2, 0) is 28.5 Å². The molecule has 0 spiro atoms. The molecule has 5 fully saturated rings. The summed E-state index contributed by atoms with van der Waals surface area (Å²) in [4.78, 5) is 26.6. The van der Waals surface area contributed by atoms with Crippen molar-refractivity contribution in [2.45, 2.75) is 97.6 Å². The first kappa shape index (κ1) is 24.1. The van der Waals surface area contributed by atoms with E-state index in [1.807, 2.05) is 13.8 Å². The number of aldehydes is 1. The summed E-state index contributed by atoms with van der Waals surface area (Å²) in [6, 6.07) is 0. The van der Waals surface area contributed by atoms with Crippen molar-refractivity contribution in [3.8, 4) is 0 Å². The third-order valence-electron chi connectivity index (χ3n) is 11.0. The van der Waals surface area contributed by atoms with Crippen LogP contribution in [0.5, 0.6) is 0 Å². The number of ether oxygens (including phenoxy) is 4. The fourth-order valence-electron chi connectivity index (χ4n) is 9.81. The largest absolute Gasteiger partial charge is 0.481 e. The number of hydrogen-bond acceptors (Lipinski definition) is 6. The van der Waals surface area contributed by atoms with Crippen LogP contribution in [0.2, 0.25) is 0 Å². The Balaban J connectivity index is 1.38. The van der Waals surface area contributed by atoms with E-state index >= 15 is 0 Å². The van der Waals surface area contributed by atoms with Crippen molar-refractivity contribution < 1.29 is 33.6 Å². The van der Waals surface area contributed by atoms with Gasteiger partial charge in [0.2, 0.25) is 0 Å². The van der Waals surface area contributed by atoms with Gasteiger partial charge in [0.1, 0.15) is 17.8 Å². The molecule has 0 amide bonds. The van der Waals surface area contributed by atoms with Crippen LogP contribution in [0.3, 0.4) is 0 Å². The molecule has 3 saturated carbocycles. The van der Waals surface area contributed by atoms with Crippen LogP contribution < -0.4 is 0 Å². The van der Waals surface area contributed by atoms with E-state index in [2.05, 4.69) is 26.8 Å². The van der Waals surface area contributed by atoms with Gasteiger partial charge in [-0.05, 0) is 62.7 Å². The van der Waals surface area contributed by atoms with Gasteiger partial charge in [0.25, 0.3) is 0 Å². The fourth-order valence-corrected chi connectivity index (χ4v) is 9.81. The van der Waals surface area contributed by atoms with E-state index in [-0.39, 0.29) is 49.0 Å². The monoisotopic (exact) mass is 488 g/mol. The van der Waals surface area contributed by atoms with Crippen molar-refractivity contribution in [3.05, 3.63) is 11.6 Å². The first-order chi connectivity index (χ1) is 16.6. The number of carbonyl (C=O) groups excluding carboxylic acids is 1. The molecule has 4 bridgehead atoms. The topological polar surface area (TPSA) is 91.3 Å². The second-order valence-corrected chi connectivity index (χ2v) is 12.6. The third-order valence-corrected chi connectivity index (χ3v) is 11.0. The molecule has 1 N–H and O–H groups in total. The summed E-state index contributed by atoms with van der Waals surface area (Å²) in [6.45, 7) is 10.6. The van der Waals surface area contributed by atoms with Gasteiger partial charge in [-0.25, -0.2) is 0 Å². The molecule has 7 nitrogen and oxygen atoms in total. The molecule has 7 unspecified atom stereocenters. The van der Waals surface area contributed by atoms with Crippen LogP contribution in [-0.4, -0.2) is 54.9 Å². The van der Waals surface area contributed by atoms with Gasteiger partial charge in [0.05, 0.1) is 24.2 Å². The maximum absolute atomic E-state index is 13.5. The molecule has 2 heterocycles. The molecule has 35 heavy (non-hydrogen) atoms. The molecular formula is C28H40O7. The zero-order chi connectivity index (χ0) is 24.9. The maximum Gasteiger partial charge on any atom is 0.315 e. The molecule has 7 heteroatoms. The van der Waals surface area contributed by atoms with Gasteiger partial charge in [-0.2, -0.15) is 0 Å². The summed E-state index contributed by atoms with van der Waals surface area (Å²) >= 11 is 0. The SMILES string of the molecule is CC1OC2C[C@H](OCC34C[C@@H]5[C@H](C)CC[C@H]5C5(C=O)CC3C=C(C(C)C)C45C(=O)O)O[C@H](C)C2O1. The lowest BCUT2D eigenvalue weighted by Gasteiger charge is -2.58. The Bertz CT molecular complexity index is 946. The highest BCUT2D eigenvalue weighted by Crippen LogP contribution is 2.82. The standard InChI is InChI=1S/C28H40O7/c1-14(2)21-8-18-10-26(12-29)20-7-6-15(3)19(20)11-27(18,28(21,26)25(30)31)13-32-23-9-22-24(16(4)33-23)35-17(5)34-22/h8,12,14-20,22-24H,6-7,9-11,13H2,1-5H3,(H,30,31)/t15-,16-,17?,18?,19-,20-,22?,23-,24?,26?,27?,28?/m1/s1. The summed E-state index contributed by atoms with van der Waals surface area (Å²) in [6.07, 6.45) is 6.15. The summed E-state index contributed by atoms with van der Waals surface area (Å²) in [7, 11) is 0. The summed E-state index contributed by atoms with van der Waals surface area (Å²) in [5, 5.41) is 11.1. The third kappa shape index (κ3) is 2.82. The molecule has 4 aliphatic carbocycles. The Morgan fingerprint density at radius 1 is 1.20 bits per heavy atom. The zero-order valence-corrected chi connectivity index (χ0v) is 21.6. The second kappa shape index (κ2) is 7.86. The summed E-state index contributed by atoms with van der Waals surface area (Å²) in [5.74, 6) is 0.210. The number of aliphatic carboxylic acids is 1. The lowest BCUT2D eigenvalue weighted by Crippen LogP contribution is -2.63. The predicted molar refractivity (Wildman–Crippen MR) is 126 cm³/mol. The Morgan fingerprint density at radius 3 is 2.66 bits per heavy atom. The van der Waals surface area contributed by atoms with E-state index in [0.717, 1.165) is 31.1 Å². The van der Waals surface area contributed by atoms with Crippen molar-refractivity contribution in [1.29, 1.82) is 0 Å². The van der Waals surface area contributed by atoms with Gasteiger partial charge in [-0.1, -0.05) is 38.8 Å². The van der Waals surface area contributed by atoms with E-state index in [1.54, 1.807) is 0 Å². The maximum atomic E-state index is 13.5. The molecule has 2 saturated heterocycles. The van der Waals surface area contributed by atoms with Gasteiger partial charge < -0.3 is 28.8 Å². The van der Waals surface area contributed by atoms with Crippen molar-refractivity contribution in [2.24, 2.45) is 45.8 Å². The van der Waals surface area contributed by atoms with Crippen molar-refractivity contribution >= 4 is 12.3 Å². The molecule has 0 radical (unpaired) electrons. The van der Waals surface area contributed by atoms with Gasteiger partial charge in [0, 0.05) is 11.8 Å². The van der Waals surface area contributed by atoms with Crippen LogP contribution in [0.1, 0.15) is 66.7 Å². The first-order valence-electron chi connectivity index (χ1n) is 13.6. The number of carboxylic acid groups (broad SMARTS) is 1. The van der Waals surface area contributed by atoms with Crippen LogP contribution in [0.25, 0.3) is 0 Å². The van der Waals surface area contributed by atoms with Gasteiger partial charge in [-0.3, -0.25) is 4.79 Å². The summed E-state index contributed by atoms with van der Waals surface area (Å²) < 4.78 is 24.6. The summed E-state index contributed by atoms with van der Waals surface area (Å²) in [5.41, 5.74) is -1.77. The van der Waals surface area contributed by atoms with Crippen LogP contribution in [0, 0.1) is 45.8 Å². The molecule has 194 valence electrons. The number of allylic oxidation sites excluding steroid dienone is 1. The minimum Gasteiger partial charge on any atom is -0.481 e. The number of rotatable bonds is 6. The molecular weight excluding hydrogens is 448 g/mol. The van der Waals surface area contributed by atoms with Crippen LogP contribution in [0.4, 0.5) is 0 Å². The molecule has 0 aromatic rings. The van der Waals surface area contributed by atoms with Crippen molar-refractivity contribution in [3.63, 3.8) is 0 Å². The van der Waals surface area contributed by atoms with E-state index in [4.69, 9.17) is 18.9 Å². The molecule has 12 atom stereocenters. The van der Waals surface area contributed by atoms with Crippen molar-refractivity contribution in [2.75, 3.05) is 6.61 Å². The van der Waals surface area contributed by atoms with Crippen molar-refractivity contribution in [1.82, 2.24) is 0 Å². The Kier molecular flexibility index (Phi) is 5.41. The minimum absolute atomic E-state index is 0.0267. The fraction of sp³-hybridized carbons (Fsp3) is 0.857. The number of carboxylic acids is 1. The van der Waals surface area contributed by atoms with E-state index < -0.39 is 28.5 Å². The average Bonchev–Trinajstić information content (AvgIpc) is 3.49. The Morgan fingerprint density at radius 2 is 1.97 bits per heavy atom.